The second kappa shape index (κ2) is 11.6. The predicted octanol–water partition coefficient (Wildman–Crippen LogP) is 3.42. The van der Waals surface area contributed by atoms with E-state index in [1.807, 2.05) is 68.4 Å². The van der Waals surface area contributed by atoms with Crippen molar-refractivity contribution in [2.75, 3.05) is 25.5 Å². The molecule has 2 aromatic carbocycles. The highest BCUT2D eigenvalue weighted by atomic mass is 16.5. The minimum atomic E-state index is 0.00270. The number of nitrogens with zero attached hydrogens (tertiary/aromatic N) is 1. The summed E-state index contributed by atoms with van der Waals surface area (Å²) >= 11 is 0. The summed E-state index contributed by atoms with van der Waals surface area (Å²) in [6, 6.07) is 17.5. The molecule has 0 spiro atoms. The van der Waals surface area contributed by atoms with E-state index < -0.39 is 0 Å². The standard InChI is InChI=1S/C22H30N4O2/c1-4-17(2)21(27)26-19-10-8-9-18(15-19)16-25-22(23-3)24-13-14-28-20-11-6-5-7-12-20/h5-12,15,17H,4,13-14,16H2,1-3H3,(H,26,27)(H2,23,24,25). The molecule has 0 aliphatic heterocycles. The third kappa shape index (κ3) is 7.31. The van der Waals surface area contributed by atoms with E-state index in [4.69, 9.17) is 4.74 Å². The molecule has 0 heterocycles. The van der Waals surface area contributed by atoms with Crippen molar-refractivity contribution in [3.8, 4) is 5.75 Å². The zero-order valence-corrected chi connectivity index (χ0v) is 16.9. The molecule has 0 aliphatic rings. The molecule has 1 atom stereocenters. The van der Waals surface area contributed by atoms with Crippen LogP contribution in [0.1, 0.15) is 25.8 Å². The summed E-state index contributed by atoms with van der Waals surface area (Å²) in [7, 11) is 1.73. The van der Waals surface area contributed by atoms with Gasteiger partial charge in [0.05, 0.1) is 6.54 Å². The number of anilines is 1. The van der Waals surface area contributed by atoms with Crippen LogP contribution < -0.4 is 20.7 Å². The second-order valence-electron chi connectivity index (χ2n) is 6.51. The zero-order chi connectivity index (χ0) is 20.2. The summed E-state index contributed by atoms with van der Waals surface area (Å²) in [6.07, 6.45) is 0.822. The SMILES string of the molecule is CCC(C)C(=O)Nc1cccc(CNC(=NC)NCCOc2ccccc2)c1. The second-order valence-corrected chi connectivity index (χ2v) is 6.51. The summed E-state index contributed by atoms with van der Waals surface area (Å²) in [5.41, 5.74) is 1.87. The van der Waals surface area contributed by atoms with Crippen LogP contribution in [0.3, 0.4) is 0 Å². The van der Waals surface area contributed by atoms with Crippen molar-refractivity contribution in [3.05, 3.63) is 60.2 Å². The molecule has 150 valence electrons. The lowest BCUT2D eigenvalue weighted by Gasteiger charge is -2.14. The van der Waals surface area contributed by atoms with Crippen LogP contribution in [0.15, 0.2) is 59.6 Å². The number of aliphatic imine (C=N–C) groups is 1. The van der Waals surface area contributed by atoms with Gasteiger partial charge < -0.3 is 20.7 Å². The Kier molecular flexibility index (Phi) is 8.85. The van der Waals surface area contributed by atoms with Crippen LogP contribution in [0.2, 0.25) is 0 Å². The maximum Gasteiger partial charge on any atom is 0.227 e. The summed E-state index contributed by atoms with van der Waals surface area (Å²) in [4.78, 5) is 16.3. The average Bonchev–Trinajstić information content (AvgIpc) is 2.73. The fraction of sp³-hybridized carbons (Fsp3) is 0.364. The highest BCUT2D eigenvalue weighted by Gasteiger charge is 2.10. The molecule has 3 N–H and O–H groups in total. The molecule has 6 heteroatoms. The van der Waals surface area contributed by atoms with Gasteiger partial charge in [-0.2, -0.15) is 0 Å². The van der Waals surface area contributed by atoms with E-state index in [1.165, 1.54) is 0 Å². The van der Waals surface area contributed by atoms with Crippen molar-refractivity contribution in [2.24, 2.45) is 10.9 Å². The van der Waals surface area contributed by atoms with E-state index in [0.717, 1.165) is 23.4 Å². The summed E-state index contributed by atoms with van der Waals surface area (Å²) in [5, 5.41) is 9.46. The van der Waals surface area contributed by atoms with E-state index in [2.05, 4.69) is 20.9 Å². The van der Waals surface area contributed by atoms with Gasteiger partial charge >= 0.3 is 0 Å². The third-order valence-electron chi connectivity index (χ3n) is 4.34. The summed E-state index contributed by atoms with van der Waals surface area (Å²) in [5.74, 6) is 1.60. The van der Waals surface area contributed by atoms with Gasteiger partial charge in [-0.15, -0.1) is 0 Å². The first-order chi connectivity index (χ1) is 13.6. The van der Waals surface area contributed by atoms with Crippen LogP contribution in [0.5, 0.6) is 5.75 Å². The number of para-hydroxylation sites is 1. The van der Waals surface area contributed by atoms with Crippen molar-refractivity contribution >= 4 is 17.6 Å². The average molecular weight is 383 g/mol. The van der Waals surface area contributed by atoms with Gasteiger partial charge in [-0.25, -0.2) is 0 Å². The Hall–Kier alpha value is -3.02. The molecule has 0 saturated carbocycles. The van der Waals surface area contributed by atoms with Gasteiger partial charge in [0.25, 0.3) is 0 Å². The number of benzene rings is 2. The summed E-state index contributed by atoms with van der Waals surface area (Å²) < 4.78 is 5.66. The van der Waals surface area contributed by atoms with Crippen molar-refractivity contribution < 1.29 is 9.53 Å². The Morgan fingerprint density at radius 3 is 2.61 bits per heavy atom. The van der Waals surface area contributed by atoms with Crippen molar-refractivity contribution in [1.82, 2.24) is 10.6 Å². The lowest BCUT2D eigenvalue weighted by atomic mass is 10.1. The van der Waals surface area contributed by atoms with E-state index in [-0.39, 0.29) is 11.8 Å². The van der Waals surface area contributed by atoms with E-state index in [9.17, 15) is 4.79 Å². The van der Waals surface area contributed by atoms with E-state index in [1.54, 1.807) is 7.05 Å². The normalized spacial score (nSPS) is 12.2. The van der Waals surface area contributed by atoms with Crippen LogP contribution in [0.4, 0.5) is 5.69 Å². The minimum Gasteiger partial charge on any atom is -0.492 e. The number of hydrogen-bond donors (Lipinski definition) is 3. The van der Waals surface area contributed by atoms with Crippen molar-refractivity contribution in [1.29, 1.82) is 0 Å². The monoisotopic (exact) mass is 382 g/mol. The van der Waals surface area contributed by atoms with Gasteiger partial charge in [-0.05, 0) is 36.2 Å². The van der Waals surface area contributed by atoms with Gasteiger partial charge in [0.15, 0.2) is 5.96 Å². The molecule has 28 heavy (non-hydrogen) atoms. The molecule has 0 fully saturated rings. The lowest BCUT2D eigenvalue weighted by molar-refractivity contribution is -0.119. The number of carbonyl (C=O) groups is 1. The Morgan fingerprint density at radius 2 is 1.89 bits per heavy atom. The molecule has 0 aromatic heterocycles. The first kappa shape index (κ1) is 21.3. The Bertz CT molecular complexity index is 762. The van der Waals surface area contributed by atoms with E-state index >= 15 is 0 Å². The fourth-order valence-corrected chi connectivity index (χ4v) is 2.47. The van der Waals surface area contributed by atoms with Gasteiger partial charge in [-0.1, -0.05) is 44.2 Å². The van der Waals surface area contributed by atoms with E-state index in [0.29, 0.717) is 25.7 Å². The number of hydrogen-bond acceptors (Lipinski definition) is 3. The highest BCUT2D eigenvalue weighted by Crippen LogP contribution is 2.13. The molecule has 1 amide bonds. The van der Waals surface area contributed by atoms with Crippen molar-refractivity contribution in [2.45, 2.75) is 26.8 Å². The molecule has 0 aliphatic carbocycles. The molecule has 1 unspecified atom stereocenters. The number of carbonyl (C=O) groups excluding carboxylic acids is 1. The maximum atomic E-state index is 12.0. The number of ether oxygens (including phenoxy) is 1. The number of nitrogens with one attached hydrogen (secondary N) is 3. The molecule has 6 nitrogen and oxygen atoms in total. The quantitative estimate of drug-likeness (QED) is 0.353. The molecular formula is C22H30N4O2. The van der Waals surface area contributed by atoms with Crippen LogP contribution in [0.25, 0.3) is 0 Å². The molecular weight excluding hydrogens is 352 g/mol. The molecule has 2 rings (SSSR count). The van der Waals surface area contributed by atoms with Crippen LogP contribution in [-0.2, 0) is 11.3 Å². The smallest absolute Gasteiger partial charge is 0.227 e. The number of amides is 1. The first-order valence-corrected chi connectivity index (χ1v) is 9.64. The largest absolute Gasteiger partial charge is 0.492 e. The van der Waals surface area contributed by atoms with Crippen LogP contribution in [-0.4, -0.2) is 32.1 Å². The van der Waals surface area contributed by atoms with Gasteiger partial charge in [0, 0.05) is 25.2 Å². The fourth-order valence-electron chi connectivity index (χ4n) is 2.47. The number of guanidine groups is 1. The molecule has 0 radical (unpaired) electrons. The number of rotatable bonds is 9. The van der Waals surface area contributed by atoms with Crippen LogP contribution >= 0.6 is 0 Å². The Labute approximate surface area is 167 Å². The highest BCUT2D eigenvalue weighted by molar-refractivity contribution is 5.92. The Morgan fingerprint density at radius 1 is 1.11 bits per heavy atom. The Balaban J connectivity index is 1.76. The predicted molar refractivity (Wildman–Crippen MR) is 115 cm³/mol. The maximum absolute atomic E-state index is 12.0. The van der Waals surface area contributed by atoms with Gasteiger partial charge in [0.1, 0.15) is 12.4 Å². The van der Waals surface area contributed by atoms with Gasteiger partial charge in [0.2, 0.25) is 5.91 Å². The van der Waals surface area contributed by atoms with Gasteiger partial charge in [-0.3, -0.25) is 9.79 Å². The lowest BCUT2D eigenvalue weighted by Crippen LogP contribution is -2.38. The zero-order valence-electron chi connectivity index (χ0n) is 16.9. The molecule has 0 saturated heterocycles. The molecule has 0 bridgehead atoms. The first-order valence-electron chi connectivity index (χ1n) is 9.64. The topological polar surface area (TPSA) is 74.8 Å². The van der Waals surface area contributed by atoms with Crippen LogP contribution in [0, 0.1) is 5.92 Å². The summed E-state index contributed by atoms with van der Waals surface area (Å²) in [6.45, 7) is 5.72. The van der Waals surface area contributed by atoms with Crippen molar-refractivity contribution in [3.63, 3.8) is 0 Å². The molecule has 2 aromatic rings. The minimum absolute atomic E-state index is 0.00270. The third-order valence-corrected chi connectivity index (χ3v) is 4.34.